The molecule has 1 aromatic carbocycles. The van der Waals surface area contributed by atoms with Crippen molar-refractivity contribution < 1.29 is 19.6 Å². The van der Waals surface area contributed by atoms with E-state index in [1.54, 1.807) is 24.3 Å². The van der Waals surface area contributed by atoms with Gasteiger partial charge in [-0.3, -0.25) is 4.79 Å². The molecule has 7 nitrogen and oxygen atoms in total. The van der Waals surface area contributed by atoms with E-state index in [9.17, 15) is 9.59 Å². The normalized spacial score (nSPS) is 19.5. The molecule has 0 bridgehead atoms. The summed E-state index contributed by atoms with van der Waals surface area (Å²) in [5.41, 5.74) is -0.137. The molecule has 1 heterocycles. The number of hydrogen-bond acceptors (Lipinski definition) is 5. The van der Waals surface area contributed by atoms with Gasteiger partial charge in [0.25, 0.3) is 5.91 Å². The largest absolute Gasteiger partial charge is 0.488 e. The van der Waals surface area contributed by atoms with Crippen LogP contribution in [0.2, 0.25) is 0 Å². The van der Waals surface area contributed by atoms with E-state index >= 15 is 0 Å². The van der Waals surface area contributed by atoms with Gasteiger partial charge in [0, 0.05) is 0 Å². The van der Waals surface area contributed by atoms with Crippen molar-refractivity contribution in [2.75, 3.05) is 0 Å². The number of benzene rings is 1. The number of nitrogens with one attached hydrogen (secondary N) is 1. The summed E-state index contributed by atoms with van der Waals surface area (Å²) in [5, 5.41) is 20.5. The predicted molar refractivity (Wildman–Crippen MR) is 81.6 cm³/mol. The van der Waals surface area contributed by atoms with E-state index in [-0.39, 0.29) is 5.91 Å². The highest BCUT2D eigenvalue weighted by Gasteiger charge is 2.50. The van der Waals surface area contributed by atoms with E-state index in [4.69, 9.17) is 15.9 Å². The van der Waals surface area contributed by atoms with Crippen LogP contribution in [0.5, 0.6) is 0 Å². The summed E-state index contributed by atoms with van der Waals surface area (Å²) in [6.45, 7) is 0. The lowest BCUT2D eigenvalue weighted by Gasteiger charge is -2.29. The molecule has 8 heteroatoms. The number of carbonyl (C=O) groups is 2. The highest BCUT2D eigenvalue weighted by molar-refractivity contribution is 6.58. The average molecular weight is 305 g/mol. The molecular weight excluding hydrogens is 285 g/mol. The predicted octanol–water partition coefficient (Wildman–Crippen LogP) is -0.519. The molecule has 3 amide bonds. The second-order valence-corrected chi connectivity index (χ2v) is 5.53. The van der Waals surface area contributed by atoms with Gasteiger partial charge >= 0.3 is 13.1 Å². The van der Waals surface area contributed by atoms with Gasteiger partial charge in [-0.2, -0.15) is 5.01 Å². The number of imide groups is 1. The number of rotatable bonds is 1. The Labute approximate surface area is 129 Å². The van der Waals surface area contributed by atoms with Gasteiger partial charge in [-0.1, -0.05) is 49.6 Å². The third-order valence-corrected chi connectivity index (χ3v) is 4.00. The van der Waals surface area contributed by atoms with Crippen LogP contribution in [0.3, 0.4) is 0 Å². The Morgan fingerprint density at radius 2 is 1.68 bits per heavy atom. The van der Waals surface area contributed by atoms with Gasteiger partial charge in [0.2, 0.25) is 0 Å². The molecule has 5 N–H and O–H groups in total. The van der Waals surface area contributed by atoms with E-state index in [1.165, 1.54) is 0 Å². The summed E-state index contributed by atoms with van der Waals surface area (Å²) >= 11 is 0. The van der Waals surface area contributed by atoms with Crippen molar-refractivity contribution in [1.82, 2.24) is 10.3 Å². The Morgan fingerprint density at radius 3 is 2.09 bits per heavy atom. The molecule has 22 heavy (non-hydrogen) atoms. The number of nitrogens with two attached hydrogens (primary N) is 1. The van der Waals surface area contributed by atoms with Crippen molar-refractivity contribution in [3.8, 4) is 0 Å². The lowest BCUT2D eigenvalue weighted by molar-refractivity contribution is -0.132. The third kappa shape index (κ3) is 3.46. The van der Waals surface area contributed by atoms with Crippen molar-refractivity contribution in [2.24, 2.45) is 5.84 Å². The average Bonchev–Trinajstić information content (AvgIpc) is 2.74. The van der Waals surface area contributed by atoms with E-state index in [2.05, 4.69) is 5.32 Å². The van der Waals surface area contributed by atoms with Crippen LogP contribution in [-0.2, 0) is 4.79 Å². The molecule has 0 radical (unpaired) electrons. The van der Waals surface area contributed by atoms with Crippen LogP contribution < -0.4 is 16.6 Å². The third-order valence-electron chi connectivity index (χ3n) is 4.00. The molecule has 1 aromatic rings. The molecule has 0 unspecified atom stereocenters. The lowest BCUT2D eigenvalue weighted by atomic mass is 9.81. The molecule has 1 aliphatic carbocycles. The van der Waals surface area contributed by atoms with Crippen LogP contribution in [-0.4, -0.2) is 39.7 Å². The van der Waals surface area contributed by atoms with Crippen LogP contribution in [0.25, 0.3) is 0 Å². The Kier molecular flexibility index (Phi) is 5.17. The molecule has 2 fully saturated rings. The van der Waals surface area contributed by atoms with Crippen molar-refractivity contribution in [3.63, 3.8) is 0 Å². The monoisotopic (exact) mass is 305 g/mol. The van der Waals surface area contributed by atoms with E-state index < -0.39 is 18.7 Å². The first-order valence-electron chi connectivity index (χ1n) is 7.29. The number of amides is 3. The highest BCUT2D eigenvalue weighted by atomic mass is 16.4. The van der Waals surface area contributed by atoms with Crippen LogP contribution in [0.4, 0.5) is 4.79 Å². The van der Waals surface area contributed by atoms with Gasteiger partial charge in [-0.25, -0.2) is 10.6 Å². The lowest BCUT2D eigenvalue weighted by Crippen LogP contribution is -2.48. The maximum Gasteiger partial charge on any atom is 0.488 e. The van der Waals surface area contributed by atoms with Gasteiger partial charge in [-0.05, 0) is 18.3 Å². The van der Waals surface area contributed by atoms with E-state index in [1.807, 2.05) is 6.07 Å². The highest BCUT2D eigenvalue weighted by Crippen LogP contribution is 2.32. The van der Waals surface area contributed by atoms with E-state index in [0.29, 0.717) is 10.5 Å². The van der Waals surface area contributed by atoms with Crippen LogP contribution in [0.1, 0.15) is 32.1 Å². The smallest absolute Gasteiger partial charge is 0.423 e. The van der Waals surface area contributed by atoms with Gasteiger partial charge in [-0.15, -0.1) is 0 Å². The first kappa shape index (κ1) is 16.5. The summed E-state index contributed by atoms with van der Waals surface area (Å²) < 4.78 is 0. The number of carbonyl (C=O) groups excluding carboxylic acids is 2. The van der Waals surface area contributed by atoms with Crippen molar-refractivity contribution in [2.45, 2.75) is 37.6 Å². The van der Waals surface area contributed by atoms with Crippen molar-refractivity contribution in [3.05, 3.63) is 30.3 Å². The minimum atomic E-state index is -1.34. The Morgan fingerprint density at radius 1 is 1.09 bits per heavy atom. The molecule has 1 saturated carbocycles. The molecule has 118 valence electrons. The van der Waals surface area contributed by atoms with Gasteiger partial charge < -0.3 is 15.4 Å². The summed E-state index contributed by atoms with van der Waals surface area (Å²) in [7, 11) is -1.34. The second-order valence-electron chi connectivity index (χ2n) is 5.53. The van der Waals surface area contributed by atoms with Crippen molar-refractivity contribution >= 4 is 24.5 Å². The summed E-state index contributed by atoms with van der Waals surface area (Å²) in [5.74, 6) is 5.03. The first-order valence-corrected chi connectivity index (χ1v) is 7.29. The molecule has 1 saturated heterocycles. The molecule has 3 rings (SSSR count). The zero-order chi connectivity index (χ0) is 16.2. The van der Waals surface area contributed by atoms with Gasteiger partial charge in [0.05, 0.1) is 0 Å². The second kappa shape index (κ2) is 6.91. The Balaban J connectivity index is 0.000000172. The molecule has 2 aliphatic rings. The maximum absolute atomic E-state index is 11.6. The standard InChI is InChI=1S/C8H13N3O2.C6H7BO2/c9-11-6(12)8(10-7(11)13)4-2-1-3-5-8;8-7(9)6-4-2-1-3-5-6/h1-5,9H2,(H,10,13);1-5,8-9H. The quantitative estimate of drug-likeness (QED) is 0.241. The van der Waals surface area contributed by atoms with Gasteiger partial charge in [0.1, 0.15) is 5.54 Å². The zero-order valence-corrected chi connectivity index (χ0v) is 12.2. The fourth-order valence-electron chi connectivity index (χ4n) is 2.76. The maximum atomic E-state index is 11.6. The molecular formula is C14H20BN3O4. The first-order chi connectivity index (χ1) is 10.5. The molecule has 1 spiro atoms. The van der Waals surface area contributed by atoms with Crippen LogP contribution >= 0.6 is 0 Å². The SMILES string of the molecule is NN1C(=O)NC2(CCCCC2)C1=O.OB(O)c1ccccc1. The van der Waals surface area contributed by atoms with Crippen LogP contribution in [0, 0.1) is 0 Å². The van der Waals surface area contributed by atoms with E-state index in [0.717, 1.165) is 32.1 Å². The summed E-state index contributed by atoms with van der Waals surface area (Å²) in [4.78, 5) is 22.7. The summed E-state index contributed by atoms with van der Waals surface area (Å²) in [6, 6.07) is 8.19. The Bertz CT molecular complexity index is 532. The molecule has 0 atom stereocenters. The van der Waals surface area contributed by atoms with Crippen molar-refractivity contribution in [1.29, 1.82) is 0 Å². The molecule has 1 aliphatic heterocycles. The number of nitrogens with zero attached hydrogens (tertiary/aromatic N) is 1. The number of hydrazine groups is 1. The minimum Gasteiger partial charge on any atom is -0.423 e. The number of hydrogen-bond donors (Lipinski definition) is 4. The number of urea groups is 1. The fourth-order valence-corrected chi connectivity index (χ4v) is 2.76. The molecule has 0 aromatic heterocycles. The fraction of sp³-hybridized carbons (Fsp3) is 0.429. The van der Waals surface area contributed by atoms with Gasteiger partial charge in [0.15, 0.2) is 0 Å². The zero-order valence-electron chi connectivity index (χ0n) is 12.2. The van der Waals surface area contributed by atoms with Crippen LogP contribution in [0.15, 0.2) is 30.3 Å². The minimum absolute atomic E-state index is 0.266. The Hall–Kier alpha value is -1.90. The topological polar surface area (TPSA) is 116 Å². The summed E-state index contributed by atoms with van der Waals surface area (Å²) in [6.07, 6.45) is 4.56.